The summed E-state index contributed by atoms with van der Waals surface area (Å²) in [6, 6.07) is 17.1. The first kappa shape index (κ1) is 30.4. The van der Waals surface area contributed by atoms with E-state index in [9.17, 15) is 9.59 Å². The Morgan fingerprint density at radius 1 is 1.02 bits per heavy atom. The predicted molar refractivity (Wildman–Crippen MR) is 167 cm³/mol. The normalized spacial score (nSPS) is 14.7. The molecule has 222 valence electrons. The summed E-state index contributed by atoms with van der Waals surface area (Å²) in [6.07, 6.45) is 1.76. The molecule has 43 heavy (non-hydrogen) atoms. The van der Waals surface area contributed by atoms with Crippen molar-refractivity contribution in [1.82, 2.24) is 4.57 Å². The second kappa shape index (κ2) is 13.1. The molecule has 0 N–H and O–H groups in total. The Balaban J connectivity index is 1.53. The number of fused-ring (bicyclic) bond motifs is 1. The highest BCUT2D eigenvalue weighted by Gasteiger charge is 2.33. The first-order valence-electron chi connectivity index (χ1n) is 13.3. The molecule has 4 aromatic rings. The van der Waals surface area contributed by atoms with Crippen LogP contribution in [0.2, 0.25) is 10.0 Å². The Labute approximate surface area is 262 Å². The van der Waals surface area contributed by atoms with Crippen LogP contribution in [0.25, 0.3) is 6.08 Å². The van der Waals surface area contributed by atoms with Crippen LogP contribution in [-0.4, -0.2) is 31.4 Å². The largest absolute Gasteiger partial charge is 0.497 e. The Morgan fingerprint density at radius 2 is 1.79 bits per heavy atom. The first-order chi connectivity index (χ1) is 20.7. The van der Waals surface area contributed by atoms with Gasteiger partial charge in [-0.25, -0.2) is 9.79 Å². The summed E-state index contributed by atoms with van der Waals surface area (Å²) >= 11 is 13.5. The van der Waals surface area contributed by atoms with Gasteiger partial charge in [-0.05, 0) is 67.4 Å². The standard InChI is InChI=1S/C32H28Cl2N2O6S/c1-5-41-31(38)28-18(2)35-32-36(29(28)20-8-11-23(39-3)12-9-20)30(37)27(43-32)15-19-6-13-25(26(14-19)40-4)42-17-21-7-10-22(33)16-24(21)34/h6-16,29H,5,17H2,1-4H3/b27-15-. The first-order valence-corrected chi connectivity index (χ1v) is 14.9. The SMILES string of the molecule is CCOC(=O)C1=C(C)N=c2s/c(=C\c3ccc(OCc4ccc(Cl)cc4Cl)c(OC)c3)c(=O)n2C1c1ccc(OC)cc1. The monoisotopic (exact) mass is 638 g/mol. The molecular formula is C32H28Cl2N2O6S. The Morgan fingerprint density at radius 3 is 2.47 bits per heavy atom. The second-order valence-corrected chi connectivity index (χ2v) is 11.4. The van der Waals surface area contributed by atoms with Crippen molar-refractivity contribution in [3.05, 3.63) is 118 Å². The number of allylic oxidation sites excluding steroid dienone is 1. The number of thiazole rings is 1. The van der Waals surface area contributed by atoms with Gasteiger partial charge in [0, 0.05) is 15.6 Å². The Kier molecular flexibility index (Phi) is 9.25. The molecule has 8 nitrogen and oxygen atoms in total. The summed E-state index contributed by atoms with van der Waals surface area (Å²) in [5.41, 5.74) is 2.76. The van der Waals surface area contributed by atoms with Gasteiger partial charge in [-0.3, -0.25) is 9.36 Å². The number of esters is 1. The van der Waals surface area contributed by atoms with E-state index in [1.54, 1.807) is 81.2 Å². The quantitative estimate of drug-likeness (QED) is 0.219. The van der Waals surface area contributed by atoms with Gasteiger partial charge in [-0.1, -0.05) is 58.8 Å². The third-order valence-corrected chi connectivity index (χ3v) is 8.40. The number of benzene rings is 3. The lowest BCUT2D eigenvalue weighted by molar-refractivity contribution is -0.139. The van der Waals surface area contributed by atoms with Crippen molar-refractivity contribution >= 4 is 46.6 Å². The number of ether oxygens (including phenoxy) is 4. The molecule has 0 saturated carbocycles. The topological polar surface area (TPSA) is 88.4 Å². The van der Waals surface area contributed by atoms with Crippen LogP contribution >= 0.6 is 34.5 Å². The van der Waals surface area contributed by atoms with E-state index >= 15 is 0 Å². The smallest absolute Gasteiger partial charge is 0.338 e. The lowest BCUT2D eigenvalue weighted by atomic mass is 9.96. The predicted octanol–water partition coefficient (Wildman–Crippen LogP) is 5.70. The van der Waals surface area contributed by atoms with Gasteiger partial charge in [0.15, 0.2) is 16.3 Å². The fourth-order valence-corrected chi connectivity index (χ4v) is 6.24. The van der Waals surface area contributed by atoms with Gasteiger partial charge in [0.1, 0.15) is 12.4 Å². The van der Waals surface area contributed by atoms with Gasteiger partial charge in [0.25, 0.3) is 5.56 Å². The molecule has 0 saturated heterocycles. The molecule has 0 radical (unpaired) electrons. The fraction of sp³-hybridized carbons (Fsp3) is 0.219. The van der Waals surface area contributed by atoms with E-state index in [2.05, 4.69) is 4.99 Å². The number of hydrogen-bond acceptors (Lipinski definition) is 8. The summed E-state index contributed by atoms with van der Waals surface area (Å²) in [6.45, 7) is 3.91. The van der Waals surface area contributed by atoms with Gasteiger partial charge in [0.2, 0.25) is 0 Å². The molecule has 0 spiro atoms. The van der Waals surface area contributed by atoms with Gasteiger partial charge >= 0.3 is 5.97 Å². The van der Waals surface area contributed by atoms with Gasteiger partial charge in [-0.2, -0.15) is 0 Å². The third kappa shape index (κ3) is 6.34. The van der Waals surface area contributed by atoms with Crippen molar-refractivity contribution in [3.8, 4) is 17.2 Å². The maximum absolute atomic E-state index is 13.9. The van der Waals surface area contributed by atoms with Crippen LogP contribution in [0.15, 0.2) is 81.7 Å². The van der Waals surface area contributed by atoms with E-state index < -0.39 is 12.0 Å². The number of hydrogen-bond donors (Lipinski definition) is 0. The highest BCUT2D eigenvalue weighted by Crippen LogP contribution is 2.32. The average molecular weight is 640 g/mol. The number of rotatable bonds is 9. The highest BCUT2D eigenvalue weighted by molar-refractivity contribution is 7.07. The number of carbonyl (C=O) groups is 1. The second-order valence-electron chi connectivity index (χ2n) is 9.51. The van der Waals surface area contributed by atoms with Gasteiger partial charge in [0.05, 0.1) is 42.7 Å². The van der Waals surface area contributed by atoms with Crippen molar-refractivity contribution in [1.29, 1.82) is 0 Å². The van der Waals surface area contributed by atoms with Crippen LogP contribution in [0, 0.1) is 0 Å². The van der Waals surface area contributed by atoms with Crippen LogP contribution < -0.4 is 29.1 Å². The Bertz CT molecular complexity index is 1900. The molecule has 2 heterocycles. The zero-order chi connectivity index (χ0) is 30.7. The zero-order valence-corrected chi connectivity index (χ0v) is 26.2. The van der Waals surface area contributed by atoms with Gasteiger partial charge in [-0.15, -0.1) is 0 Å². The summed E-state index contributed by atoms with van der Waals surface area (Å²) in [5.74, 6) is 1.15. The number of aromatic nitrogens is 1. The van der Waals surface area contributed by atoms with E-state index in [0.717, 1.165) is 16.7 Å². The average Bonchev–Trinajstić information content (AvgIpc) is 3.30. The number of nitrogens with zero attached hydrogens (tertiary/aromatic N) is 2. The molecular weight excluding hydrogens is 611 g/mol. The minimum Gasteiger partial charge on any atom is -0.497 e. The Hall–Kier alpha value is -4.05. The van der Waals surface area contributed by atoms with Crippen LogP contribution in [0.3, 0.4) is 0 Å². The maximum Gasteiger partial charge on any atom is 0.338 e. The van der Waals surface area contributed by atoms with E-state index in [-0.39, 0.29) is 18.8 Å². The highest BCUT2D eigenvalue weighted by atomic mass is 35.5. The van der Waals surface area contributed by atoms with Gasteiger partial charge < -0.3 is 18.9 Å². The minimum atomic E-state index is -0.714. The molecule has 1 aromatic heterocycles. The molecule has 5 rings (SSSR count). The zero-order valence-electron chi connectivity index (χ0n) is 23.9. The molecule has 11 heteroatoms. The van der Waals surface area contributed by atoms with Crippen LogP contribution in [0.1, 0.15) is 36.6 Å². The maximum atomic E-state index is 13.9. The third-order valence-electron chi connectivity index (χ3n) is 6.83. The molecule has 0 bridgehead atoms. The molecule has 1 atom stereocenters. The minimum absolute atomic E-state index is 0.198. The molecule has 1 aliphatic rings. The molecule has 1 aliphatic heterocycles. The van der Waals surface area contributed by atoms with Crippen molar-refractivity contribution in [3.63, 3.8) is 0 Å². The van der Waals surface area contributed by atoms with E-state index in [0.29, 0.717) is 47.9 Å². The fourth-order valence-electron chi connectivity index (χ4n) is 4.73. The molecule has 3 aromatic carbocycles. The number of carbonyl (C=O) groups excluding carboxylic acids is 1. The van der Waals surface area contributed by atoms with E-state index in [1.165, 1.54) is 11.3 Å². The molecule has 0 fully saturated rings. The van der Waals surface area contributed by atoms with Crippen molar-refractivity contribution in [2.45, 2.75) is 26.5 Å². The van der Waals surface area contributed by atoms with Crippen molar-refractivity contribution in [2.24, 2.45) is 4.99 Å². The molecule has 0 aliphatic carbocycles. The summed E-state index contributed by atoms with van der Waals surface area (Å²) in [4.78, 5) is 32.1. The van der Waals surface area contributed by atoms with E-state index in [4.69, 9.17) is 42.1 Å². The molecule has 1 unspecified atom stereocenters. The van der Waals surface area contributed by atoms with Crippen LogP contribution in [0.4, 0.5) is 0 Å². The lowest BCUT2D eigenvalue weighted by Crippen LogP contribution is -2.39. The van der Waals surface area contributed by atoms with Crippen molar-refractivity contribution in [2.75, 3.05) is 20.8 Å². The number of methoxy groups -OCH3 is 2. The van der Waals surface area contributed by atoms with E-state index in [1.807, 2.05) is 18.2 Å². The molecule has 0 amide bonds. The van der Waals surface area contributed by atoms with Crippen LogP contribution in [0.5, 0.6) is 17.2 Å². The van der Waals surface area contributed by atoms with Crippen molar-refractivity contribution < 1.29 is 23.7 Å². The van der Waals surface area contributed by atoms with Crippen LogP contribution in [-0.2, 0) is 16.1 Å². The lowest BCUT2D eigenvalue weighted by Gasteiger charge is -2.24. The summed E-state index contributed by atoms with van der Waals surface area (Å²) in [7, 11) is 3.12. The number of halogens is 2. The summed E-state index contributed by atoms with van der Waals surface area (Å²) in [5, 5.41) is 1.05. The summed E-state index contributed by atoms with van der Waals surface area (Å²) < 4.78 is 24.2.